The lowest BCUT2D eigenvalue weighted by Gasteiger charge is -2.08. The molecule has 1 aromatic heterocycles. The third kappa shape index (κ3) is 3.09. The molecule has 3 aromatic rings. The number of ether oxygens (including phenoxy) is 1. The lowest BCUT2D eigenvalue weighted by Crippen LogP contribution is -2.03. The fourth-order valence-corrected chi connectivity index (χ4v) is 3.58. The molecule has 0 amide bonds. The van der Waals surface area contributed by atoms with Crippen LogP contribution in [0.5, 0.6) is 5.75 Å². The zero-order valence-corrected chi connectivity index (χ0v) is 13.9. The molecule has 1 heterocycles. The monoisotopic (exact) mass is 330 g/mol. The van der Waals surface area contributed by atoms with Crippen LogP contribution in [0.15, 0.2) is 41.2 Å². The normalized spacial score (nSPS) is 9.91. The van der Waals surface area contributed by atoms with Gasteiger partial charge in [0.25, 0.3) is 0 Å². The van der Waals surface area contributed by atoms with Gasteiger partial charge in [0, 0.05) is 10.1 Å². The number of rotatable bonds is 2. The first kappa shape index (κ1) is 16.4. The van der Waals surface area contributed by atoms with Gasteiger partial charge in [-0.05, 0) is 38.1 Å². The molecule has 0 N–H and O–H groups in total. The summed E-state index contributed by atoms with van der Waals surface area (Å²) in [7, 11) is 0. The van der Waals surface area contributed by atoms with Gasteiger partial charge in [-0.1, -0.05) is 23.7 Å². The summed E-state index contributed by atoms with van der Waals surface area (Å²) < 4.78 is 7.36. The van der Waals surface area contributed by atoms with E-state index < -0.39 is 0 Å². The van der Waals surface area contributed by atoms with Crippen LogP contribution in [0.4, 0.5) is 0 Å². The third-order valence-corrected chi connectivity index (χ3v) is 4.44. The molecule has 0 spiro atoms. The fourth-order valence-electron chi connectivity index (χ4n) is 2.11. The van der Waals surface area contributed by atoms with E-state index in [4.69, 9.17) is 16.3 Å². The van der Waals surface area contributed by atoms with Crippen LogP contribution in [-0.2, 0) is 0 Å². The maximum atomic E-state index is 12.5. The molecular formula is C18H15ClO2S. The van der Waals surface area contributed by atoms with Crippen LogP contribution in [0.3, 0.4) is 0 Å². The van der Waals surface area contributed by atoms with E-state index in [-0.39, 0.29) is 5.43 Å². The van der Waals surface area contributed by atoms with Gasteiger partial charge in [-0.15, -0.1) is 23.7 Å². The van der Waals surface area contributed by atoms with Crippen molar-refractivity contribution in [1.82, 2.24) is 0 Å². The van der Waals surface area contributed by atoms with Crippen molar-refractivity contribution >= 4 is 43.1 Å². The van der Waals surface area contributed by atoms with Crippen molar-refractivity contribution in [2.24, 2.45) is 0 Å². The highest BCUT2D eigenvalue weighted by Crippen LogP contribution is 2.35. The van der Waals surface area contributed by atoms with Crippen molar-refractivity contribution in [3.8, 4) is 18.1 Å². The molecule has 0 aliphatic carbocycles. The molecule has 0 fully saturated rings. The summed E-state index contributed by atoms with van der Waals surface area (Å²) in [5.41, 5.74) is -0.0316. The standard InChI is InChI=1S/C15H11ClO2S.C3H4/c1-2-18-11-8-7-10(16)13-14(17)9-5-3-4-6-12(9)19-15(11)13;1-3-2/h3-8H,2H2,1H3;1H,2H3. The fraction of sp³-hybridized carbons (Fsp3) is 0.167. The third-order valence-electron chi connectivity index (χ3n) is 2.94. The molecule has 0 saturated heterocycles. The van der Waals surface area contributed by atoms with E-state index in [2.05, 4.69) is 12.3 Å². The Kier molecular flexibility index (Phi) is 5.43. The van der Waals surface area contributed by atoms with E-state index in [1.807, 2.05) is 37.3 Å². The predicted octanol–water partition coefficient (Wildman–Crippen LogP) is 5.11. The van der Waals surface area contributed by atoms with Crippen molar-refractivity contribution < 1.29 is 4.74 Å². The minimum absolute atomic E-state index is 0.0316. The maximum Gasteiger partial charge on any atom is 0.197 e. The van der Waals surface area contributed by atoms with Crippen LogP contribution >= 0.6 is 22.9 Å². The quantitative estimate of drug-likeness (QED) is 0.482. The number of benzene rings is 2. The average molecular weight is 331 g/mol. The first-order valence-electron chi connectivity index (χ1n) is 6.78. The second-order valence-corrected chi connectivity index (χ2v) is 5.86. The summed E-state index contributed by atoms with van der Waals surface area (Å²) in [6.07, 6.45) is 4.60. The summed E-state index contributed by atoms with van der Waals surface area (Å²) in [5.74, 6) is 2.97. The summed E-state index contributed by atoms with van der Waals surface area (Å²) >= 11 is 7.72. The average Bonchev–Trinajstić information content (AvgIpc) is 2.51. The Morgan fingerprint density at radius 3 is 2.64 bits per heavy atom. The van der Waals surface area contributed by atoms with Gasteiger partial charge in [-0.25, -0.2) is 0 Å². The van der Waals surface area contributed by atoms with Crippen molar-refractivity contribution in [1.29, 1.82) is 0 Å². The van der Waals surface area contributed by atoms with Gasteiger partial charge in [-0.3, -0.25) is 4.79 Å². The van der Waals surface area contributed by atoms with Gasteiger partial charge in [0.1, 0.15) is 5.75 Å². The summed E-state index contributed by atoms with van der Waals surface area (Å²) in [5, 5.41) is 1.73. The molecule has 0 atom stereocenters. The SMILES string of the molecule is C#CC.CCOc1ccc(Cl)c2c(=O)c3ccccc3sc12. The highest BCUT2D eigenvalue weighted by Gasteiger charge is 2.12. The molecule has 3 rings (SSSR count). The van der Waals surface area contributed by atoms with Crippen LogP contribution < -0.4 is 10.2 Å². The minimum Gasteiger partial charge on any atom is -0.492 e. The highest BCUT2D eigenvalue weighted by molar-refractivity contribution is 7.25. The van der Waals surface area contributed by atoms with E-state index in [0.29, 0.717) is 22.4 Å². The lowest BCUT2D eigenvalue weighted by molar-refractivity contribution is 0.345. The summed E-state index contributed by atoms with van der Waals surface area (Å²) in [6, 6.07) is 11.1. The van der Waals surface area contributed by atoms with Gasteiger partial charge in [0.05, 0.1) is 21.7 Å². The van der Waals surface area contributed by atoms with Crippen molar-refractivity contribution in [3.63, 3.8) is 0 Å². The molecule has 0 aliphatic rings. The Morgan fingerprint density at radius 1 is 1.27 bits per heavy atom. The second kappa shape index (κ2) is 7.31. The van der Waals surface area contributed by atoms with Crippen LogP contribution in [0.1, 0.15) is 13.8 Å². The van der Waals surface area contributed by atoms with E-state index in [1.165, 1.54) is 11.3 Å². The molecule has 0 radical (unpaired) electrons. The Balaban J connectivity index is 0.000000545. The van der Waals surface area contributed by atoms with E-state index in [1.54, 1.807) is 13.0 Å². The van der Waals surface area contributed by atoms with Crippen molar-refractivity contribution in [3.05, 3.63) is 51.6 Å². The molecule has 2 nitrogen and oxygen atoms in total. The summed E-state index contributed by atoms with van der Waals surface area (Å²) in [6.45, 7) is 4.13. The van der Waals surface area contributed by atoms with Gasteiger partial charge in [-0.2, -0.15) is 0 Å². The predicted molar refractivity (Wildman–Crippen MR) is 96.3 cm³/mol. The second-order valence-electron chi connectivity index (χ2n) is 4.40. The molecule has 0 bridgehead atoms. The molecule has 0 aliphatic heterocycles. The molecule has 4 heteroatoms. The molecule has 22 heavy (non-hydrogen) atoms. The van der Waals surface area contributed by atoms with Crippen LogP contribution in [0.25, 0.3) is 20.2 Å². The smallest absolute Gasteiger partial charge is 0.197 e. The van der Waals surface area contributed by atoms with Crippen LogP contribution in [0, 0.1) is 12.3 Å². The number of hydrogen-bond acceptors (Lipinski definition) is 3. The Hall–Kier alpha value is -2.02. The van der Waals surface area contributed by atoms with E-state index >= 15 is 0 Å². The molecular weight excluding hydrogens is 316 g/mol. The number of terminal acetylenes is 1. The zero-order chi connectivity index (χ0) is 16.1. The van der Waals surface area contributed by atoms with Crippen molar-refractivity contribution in [2.75, 3.05) is 6.61 Å². The molecule has 2 aromatic carbocycles. The molecule has 0 unspecified atom stereocenters. The van der Waals surface area contributed by atoms with Gasteiger partial charge >= 0.3 is 0 Å². The first-order valence-corrected chi connectivity index (χ1v) is 7.97. The minimum atomic E-state index is -0.0316. The highest BCUT2D eigenvalue weighted by atomic mass is 35.5. The number of hydrogen-bond donors (Lipinski definition) is 0. The van der Waals surface area contributed by atoms with Gasteiger partial charge in [0.2, 0.25) is 0 Å². The van der Waals surface area contributed by atoms with Crippen molar-refractivity contribution in [2.45, 2.75) is 13.8 Å². The number of fused-ring (bicyclic) bond motifs is 2. The van der Waals surface area contributed by atoms with Gasteiger partial charge in [0.15, 0.2) is 5.43 Å². The first-order chi connectivity index (χ1) is 10.6. The van der Waals surface area contributed by atoms with Crippen LogP contribution in [-0.4, -0.2) is 6.61 Å². The van der Waals surface area contributed by atoms with Crippen LogP contribution in [0.2, 0.25) is 5.02 Å². The molecule has 0 saturated carbocycles. The summed E-state index contributed by atoms with van der Waals surface area (Å²) in [4.78, 5) is 12.5. The Morgan fingerprint density at radius 2 is 1.95 bits per heavy atom. The lowest BCUT2D eigenvalue weighted by atomic mass is 10.2. The maximum absolute atomic E-state index is 12.5. The number of halogens is 1. The van der Waals surface area contributed by atoms with E-state index in [9.17, 15) is 4.79 Å². The van der Waals surface area contributed by atoms with Gasteiger partial charge < -0.3 is 4.74 Å². The zero-order valence-electron chi connectivity index (χ0n) is 12.4. The topological polar surface area (TPSA) is 26.3 Å². The van der Waals surface area contributed by atoms with E-state index in [0.717, 1.165) is 15.1 Å². The largest absolute Gasteiger partial charge is 0.492 e. The molecule has 112 valence electrons. The Labute approximate surface area is 138 Å². The Bertz CT molecular complexity index is 906.